The summed E-state index contributed by atoms with van der Waals surface area (Å²) in [6, 6.07) is 10.5. The number of hydrogen-bond donors (Lipinski definition) is 0. The third-order valence-electron chi connectivity index (χ3n) is 2.90. The van der Waals surface area contributed by atoms with E-state index in [0.717, 1.165) is 5.56 Å². The number of carbonyl (C=O) groups is 1. The fraction of sp³-hybridized carbons (Fsp3) is 0.118. The lowest BCUT2D eigenvalue weighted by molar-refractivity contribution is 0.0549. The van der Waals surface area contributed by atoms with E-state index in [1.54, 1.807) is 12.1 Å². The molecule has 0 heterocycles. The largest absolute Gasteiger partial charge is 0.486 e. The molecule has 0 saturated heterocycles. The van der Waals surface area contributed by atoms with Crippen molar-refractivity contribution < 1.29 is 14.3 Å². The number of hydrogen-bond acceptors (Lipinski definition) is 3. The number of esters is 1. The molecule has 2 aromatic rings. The quantitative estimate of drug-likeness (QED) is 0.449. The van der Waals surface area contributed by atoms with Crippen molar-refractivity contribution >= 4 is 45.1 Å². The fourth-order valence-corrected chi connectivity index (χ4v) is 2.95. The Kier molecular flexibility index (Phi) is 6.51. The molecule has 0 unspecified atom stereocenters. The van der Waals surface area contributed by atoms with Crippen LogP contribution in [-0.2, 0) is 11.3 Å². The Morgan fingerprint density at radius 2 is 1.96 bits per heavy atom. The van der Waals surface area contributed by atoms with E-state index >= 15 is 0 Å². The Bertz CT molecular complexity index is 709. The van der Waals surface area contributed by atoms with Crippen LogP contribution in [0, 0.1) is 0 Å². The van der Waals surface area contributed by atoms with Crippen molar-refractivity contribution in [3.05, 3.63) is 74.7 Å². The Morgan fingerprint density at radius 1 is 1.22 bits per heavy atom. The highest BCUT2D eigenvalue weighted by Gasteiger charge is 2.15. The van der Waals surface area contributed by atoms with E-state index in [0.29, 0.717) is 25.8 Å². The van der Waals surface area contributed by atoms with Gasteiger partial charge in [-0.1, -0.05) is 54.1 Å². The van der Waals surface area contributed by atoms with Crippen molar-refractivity contribution in [2.45, 2.75) is 6.61 Å². The molecule has 0 atom stereocenters. The van der Waals surface area contributed by atoms with Crippen LogP contribution in [0.3, 0.4) is 0 Å². The molecular formula is C17H13BrCl2O3. The average molecular weight is 416 g/mol. The summed E-state index contributed by atoms with van der Waals surface area (Å²) < 4.78 is 11.3. The molecule has 0 aromatic heterocycles. The van der Waals surface area contributed by atoms with Crippen LogP contribution in [-0.4, -0.2) is 12.6 Å². The lowest BCUT2D eigenvalue weighted by Gasteiger charge is -2.12. The molecule has 2 aromatic carbocycles. The van der Waals surface area contributed by atoms with Gasteiger partial charge >= 0.3 is 5.97 Å². The molecule has 3 nitrogen and oxygen atoms in total. The third-order valence-corrected chi connectivity index (χ3v) is 4.13. The minimum Gasteiger partial charge on any atom is -0.486 e. The molecule has 0 amide bonds. The highest BCUT2D eigenvalue weighted by atomic mass is 79.9. The second-order valence-corrected chi connectivity index (χ2v) is 6.20. The first kappa shape index (κ1) is 17.9. The van der Waals surface area contributed by atoms with Crippen LogP contribution in [0.5, 0.6) is 5.75 Å². The van der Waals surface area contributed by atoms with Crippen LogP contribution in [0.25, 0.3) is 0 Å². The Balaban J connectivity index is 2.16. The van der Waals surface area contributed by atoms with Gasteiger partial charge in [-0.15, -0.1) is 0 Å². The lowest BCUT2D eigenvalue weighted by atomic mass is 10.2. The van der Waals surface area contributed by atoms with Crippen LogP contribution in [0.1, 0.15) is 15.9 Å². The molecule has 0 aliphatic rings. The minimum absolute atomic E-state index is 0.138. The van der Waals surface area contributed by atoms with Gasteiger partial charge in [-0.2, -0.15) is 0 Å². The first-order chi connectivity index (χ1) is 11.0. The summed E-state index contributed by atoms with van der Waals surface area (Å²) in [5.41, 5.74) is 1.17. The van der Waals surface area contributed by atoms with Gasteiger partial charge in [0.25, 0.3) is 0 Å². The van der Waals surface area contributed by atoms with Crippen LogP contribution < -0.4 is 4.74 Å². The monoisotopic (exact) mass is 414 g/mol. The van der Waals surface area contributed by atoms with Crippen LogP contribution >= 0.6 is 39.1 Å². The van der Waals surface area contributed by atoms with Gasteiger partial charge in [0.2, 0.25) is 0 Å². The topological polar surface area (TPSA) is 35.5 Å². The summed E-state index contributed by atoms with van der Waals surface area (Å²) in [6.45, 7) is 3.89. The summed E-state index contributed by atoms with van der Waals surface area (Å²) >= 11 is 15.7. The van der Waals surface area contributed by atoms with Gasteiger partial charge in [0, 0.05) is 10.6 Å². The smallest absolute Gasteiger partial charge is 0.338 e. The first-order valence-corrected chi connectivity index (χ1v) is 8.21. The molecule has 0 bridgehead atoms. The first-order valence-electron chi connectivity index (χ1n) is 6.66. The molecule has 0 fully saturated rings. The summed E-state index contributed by atoms with van der Waals surface area (Å²) in [6.07, 6.45) is 1.50. The lowest BCUT2D eigenvalue weighted by Crippen LogP contribution is -2.06. The number of halogens is 3. The van der Waals surface area contributed by atoms with Gasteiger partial charge < -0.3 is 9.47 Å². The maximum Gasteiger partial charge on any atom is 0.338 e. The third kappa shape index (κ3) is 4.74. The number of rotatable bonds is 6. The van der Waals surface area contributed by atoms with E-state index in [1.807, 2.05) is 18.2 Å². The van der Waals surface area contributed by atoms with Gasteiger partial charge in [0.05, 0.1) is 15.1 Å². The van der Waals surface area contributed by atoms with Gasteiger partial charge in [-0.3, -0.25) is 0 Å². The molecule has 120 valence electrons. The standard InChI is InChI=1S/C17H13BrCl2O3/c1-2-7-22-17(21)12-8-13(18)16(15(20)9-12)23-10-11-5-3-4-6-14(11)19/h2-6,8-9H,1,7,10H2. The molecule has 2 rings (SSSR count). The predicted molar refractivity (Wildman–Crippen MR) is 95.4 cm³/mol. The minimum atomic E-state index is -0.481. The zero-order valence-corrected chi connectivity index (χ0v) is 15.1. The number of ether oxygens (including phenoxy) is 2. The number of benzene rings is 2. The maximum atomic E-state index is 11.8. The van der Waals surface area contributed by atoms with E-state index < -0.39 is 5.97 Å². The van der Waals surface area contributed by atoms with Gasteiger partial charge in [-0.05, 0) is 34.1 Å². The molecule has 0 saturated carbocycles. The Hall–Kier alpha value is -1.49. The van der Waals surface area contributed by atoms with Crippen molar-refractivity contribution in [1.82, 2.24) is 0 Å². The maximum absolute atomic E-state index is 11.8. The van der Waals surface area contributed by atoms with Gasteiger partial charge in [0.15, 0.2) is 5.75 Å². The molecular weight excluding hydrogens is 403 g/mol. The van der Waals surface area contributed by atoms with Crippen molar-refractivity contribution in [3.63, 3.8) is 0 Å². The second kappa shape index (κ2) is 8.39. The predicted octanol–water partition coefficient (Wildman–Crippen LogP) is 5.68. The molecule has 0 spiro atoms. The van der Waals surface area contributed by atoms with Crippen molar-refractivity contribution in [2.75, 3.05) is 6.61 Å². The summed E-state index contributed by atoms with van der Waals surface area (Å²) in [4.78, 5) is 11.8. The highest BCUT2D eigenvalue weighted by molar-refractivity contribution is 9.10. The fourth-order valence-electron chi connectivity index (χ4n) is 1.80. The van der Waals surface area contributed by atoms with E-state index in [4.69, 9.17) is 32.7 Å². The molecule has 0 aliphatic carbocycles. The van der Waals surface area contributed by atoms with Gasteiger partial charge in [-0.25, -0.2) is 4.79 Å². The molecule has 6 heteroatoms. The van der Waals surface area contributed by atoms with Crippen LogP contribution in [0.4, 0.5) is 0 Å². The van der Waals surface area contributed by atoms with Crippen LogP contribution in [0.2, 0.25) is 10.0 Å². The molecule has 23 heavy (non-hydrogen) atoms. The summed E-state index contributed by atoms with van der Waals surface area (Å²) in [5.74, 6) is -0.0444. The van der Waals surface area contributed by atoms with Crippen molar-refractivity contribution in [1.29, 1.82) is 0 Å². The average Bonchev–Trinajstić information content (AvgIpc) is 2.53. The van der Waals surface area contributed by atoms with Crippen LogP contribution in [0.15, 0.2) is 53.5 Å². The number of carbonyl (C=O) groups excluding carboxylic acids is 1. The van der Waals surface area contributed by atoms with E-state index in [1.165, 1.54) is 12.1 Å². The summed E-state index contributed by atoms with van der Waals surface area (Å²) in [7, 11) is 0. The van der Waals surface area contributed by atoms with Crippen molar-refractivity contribution in [3.8, 4) is 5.75 Å². The molecule has 0 aliphatic heterocycles. The highest BCUT2D eigenvalue weighted by Crippen LogP contribution is 2.35. The second-order valence-electron chi connectivity index (χ2n) is 4.54. The normalized spacial score (nSPS) is 10.2. The molecule has 0 N–H and O–H groups in total. The zero-order valence-electron chi connectivity index (χ0n) is 12.0. The summed E-state index contributed by atoms with van der Waals surface area (Å²) in [5, 5.41) is 0.918. The van der Waals surface area contributed by atoms with Gasteiger partial charge in [0.1, 0.15) is 13.2 Å². The van der Waals surface area contributed by atoms with E-state index in [9.17, 15) is 4.79 Å². The van der Waals surface area contributed by atoms with Crippen molar-refractivity contribution in [2.24, 2.45) is 0 Å². The SMILES string of the molecule is C=CCOC(=O)c1cc(Cl)c(OCc2ccccc2Cl)c(Br)c1. The van der Waals surface area contributed by atoms with E-state index in [2.05, 4.69) is 22.5 Å². The molecule has 0 radical (unpaired) electrons. The zero-order chi connectivity index (χ0) is 16.8. The Labute approximate surface area is 152 Å². The Morgan fingerprint density at radius 3 is 2.61 bits per heavy atom. The van der Waals surface area contributed by atoms with E-state index in [-0.39, 0.29) is 13.2 Å².